The van der Waals surface area contributed by atoms with Gasteiger partial charge in [0.25, 0.3) is 0 Å². The van der Waals surface area contributed by atoms with Crippen LogP contribution in [-0.2, 0) is 0 Å². The minimum atomic E-state index is -0.388. The molecule has 3 heteroatoms. The average molecular weight is 278 g/mol. The summed E-state index contributed by atoms with van der Waals surface area (Å²) >= 11 is 5.86. The maximum Gasteiger partial charge on any atom is 0.141 e. The van der Waals surface area contributed by atoms with Crippen molar-refractivity contribution in [3.63, 3.8) is 0 Å². The Bertz CT molecular complexity index is 595. The Balaban J connectivity index is 2.46. The Kier molecular flexibility index (Phi) is 4.23. The van der Waals surface area contributed by atoms with Crippen molar-refractivity contribution in [2.24, 2.45) is 0 Å². The highest BCUT2D eigenvalue weighted by Crippen LogP contribution is 2.28. The molecule has 0 aromatic heterocycles. The van der Waals surface area contributed by atoms with Crippen LogP contribution in [-0.4, -0.2) is 7.05 Å². The molecular weight excluding hydrogens is 261 g/mol. The number of benzene rings is 2. The van der Waals surface area contributed by atoms with Crippen molar-refractivity contribution in [2.45, 2.75) is 19.9 Å². The predicted octanol–water partition coefficient (Wildman–Crippen LogP) is 4.40. The first kappa shape index (κ1) is 14.0. The first-order valence-corrected chi connectivity index (χ1v) is 6.60. The van der Waals surface area contributed by atoms with Crippen molar-refractivity contribution < 1.29 is 4.39 Å². The molecule has 0 fully saturated rings. The summed E-state index contributed by atoms with van der Waals surface area (Å²) < 4.78 is 13.2. The van der Waals surface area contributed by atoms with Crippen LogP contribution >= 0.6 is 11.6 Å². The number of aryl methyl sites for hydroxylation is 2. The largest absolute Gasteiger partial charge is 0.309 e. The number of hydrogen-bond acceptors (Lipinski definition) is 1. The Morgan fingerprint density at radius 1 is 1.11 bits per heavy atom. The Labute approximate surface area is 118 Å². The molecule has 2 aromatic carbocycles. The van der Waals surface area contributed by atoms with Crippen LogP contribution in [0.5, 0.6) is 0 Å². The molecule has 19 heavy (non-hydrogen) atoms. The zero-order valence-corrected chi connectivity index (χ0v) is 12.1. The summed E-state index contributed by atoms with van der Waals surface area (Å²) in [7, 11) is 1.89. The van der Waals surface area contributed by atoms with E-state index in [1.807, 2.05) is 7.05 Å². The van der Waals surface area contributed by atoms with Crippen LogP contribution in [0.4, 0.5) is 4.39 Å². The van der Waals surface area contributed by atoms with Crippen LogP contribution in [0.15, 0.2) is 36.4 Å². The van der Waals surface area contributed by atoms with E-state index >= 15 is 0 Å². The molecule has 2 aromatic rings. The van der Waals surface area contributed by atoms with Crippen LogP contribution in [0.2, 0.25) is 5.02 Å². The summed E-state index contributed by atoms with van der Waals surface area (Å²) in [5, 5.41) is 3.42. The lowest BCUT2D eigenvalue weighted by molar-refractivity contribution is 0.623. The molecule has 1 unspecified atom stereocenters. The van der Waals surface area contributed by atoms with Gasteiger partial charge < -0.3 is 5.32 Å². The first-order valence-electron chi connectivity index (χ1n) is 6.22. The molecule has 0 aliphatic rings. The van der Waals surface area contributed by atoms with E-state index < -0.39 is 0 Å². The highest BCUT2D eigenvalue weighted by atomic mass is 35.5. The molecular formula is C16H17ClFN. The molecule has 1 atom stereocenters. The van der Waals surface area contributed by atoms with Crippen LogP contribution in [0.3, 0.4) is 0 Å². The molecule has 2 rings (SSSR count). The van der Waals surface area contributed by atoms with Gasteiger partial charge in [0, 0.05) is 0 Å². The first-order chi connectivity index (χ1) is 9.02. The molecule has 1 nitrogen and oxygen atoms in total. The van der Waals surface area contributed by atoms with Gasteiger partial charge in [0.05, 0.1) is 11.1 Å². The second-order valence-electron chi connectivity index (χ2n) is 4.76. The highest BCUT2D eigenvalue weighted by Gasteiger charge is 2.15. The lowest BCUT2D eigenvalue weighted by atomic mass is 9.94. The second-order valence-corrected chi connectivity index (χ2v) is 5.16. The fraction of sp³-hybridized carbons (Fsp3) is 0.250. The van der Waals surface area contributed by atoms with Gasteiger partial charge in [-0.15, -0.1) is 0 Å². The molecule has 0 amide bonds. The summed E-state index contributed by atoms with van der Waals surface area (Å²) in [6.45, 7) is 4.15. The van der Waals surface area contributed by atoms with Crippen molar-refractivity contribution in [3.8, 4) is 0 Å². The van der Waals surface area contributed by atoms with Crippen molar-refractivity contribution in [3.05, 3.63) is 69.5 Å². The molecule has 0 radical (unpaired) electrons. The van der Waals surface area contributed by atoms with Crippen LogP contribution in [0.1, 0.15) is 28.3 Å². The van der Waals surface area contributed by atoms with Crippen molar-refractivity contribution in [1.82, 2.24) is 5.32 Å². The van der Waals surface area contributed by atoms with Gasteiger partial charge in [-0.05, 0) is 49.7 Å². The van der Waals surface area contributed by atoms with Crippen LogP contribution < -0.4 is 5.32 Å². The fourth-order valence-corrected chi connectivity index (χ4v) is 2.53. The summed E-state index contributed by atoms with van der Waals surface area (Å²) in [4.78, 5) is 0. The van der Waals surface area contributed by atoms with E-state index in [2.05, 4.69) is 37.4 Å². The van der Waals surface area contributed by atoms with E-state index in [1.54, 1.807) is 12.1 Å². The third-order valence-corrected chi connectivity index (χ3v) is 3.59. The minimum Gasteiger partial charge on any atom is -0.309 e. The van der Waals surface area contributed by atoms with Gasteiger partial charge in [0.2, 0.25) is 0 Å². The van der Waals surface area contributed by atoms with Gasteiger partial charge in [-0.1, -0.05) is 41.4 Å². The lowest BCUT2D eigenvalue weighted by Gasteiger charge is -2.20. The zero-order chi connectivity index (χ0) is 14.0. The molecule has 0 aliphatic carbocycles. The molecule has 1 N–H and O–H groups in total. The predicted molar refractivity (Wildman–Crippen MR) is 78.2 cm³/mol. The second kappa shape index (κ2) is 5.72. The monoisotopic (exact) mass is 277 g/mol. The topological polar surface area (TPSA) is 12.0 Å². The Hall–Kier alpha value is -1.38. The van der Waals surface area contributed by atoms with Gasteiger partial charge in [-0.25, -0.2) is 4.39 Å². The number of rotatable bonds is 3. The van der Waals surface area contributed by atoms with E-state index in [0.717, 1.165) is 5.56 Å². The normalized spacial score (nSPS) is 12.5. The quantitative estimate of drug-likeness (QED) is 0.876. The van der Waals surface area contributed by atoms with Gasteiger partial charge in [0.1, 0.15) is 5.82 Å². The van der Waals surface area contributed by atoms with E-state index in [0.29, 0.717) is 0 Å². The molecule has 0 spiro atoms. The highest BCUT2D eigenvalue weighted by molar-refractivity contribution is 6.30. The third-order valence-electron chi connectivity index (χ3n) is 3.30. The Morgan fingerprint density at radius 3 is 2.42 bits per heavy atom. The maximum atomic E-state index is 13.2. The smallest absolute Gasteiger partial charge is 0.141 e. The maximum absolute atomic E-state index is 13.2. The molecule has 0 bridgehead atoms. The van der Waals surface area contributed by atoms with Crippen LogP contribution in [0, 0.1) is 19.7 Å². The molecule has 0 saturated heterocycles. The van der Waals surface area contributed by atoms with Crippen molar-refractivity contribution in [2.75, 3.05) is 7.05 Å². The van der Waals surface area contributed by atoms with Gasteiger partial charge >= 0.3 is 0 Å². The van der Waals surface area contributed by atoms with Crippen molar-refractivity contribution >= 4 is 11.6 Å². The minimum absolute atomic E-state index is 0.0127. The summed E-state index contributed by atoms with van der Waals surface area (Å²) in [6.07, 6.45) is 0. The fourth-order valence-electron chi connectivity index (χ4n) is 2.34. The summed E-state index contributed by atoms with van der Waals surface area (Å²) in [5.41, 5.74) is 4.57. The number of hydrogen-bond donors (Lipinski definition) is 1. The summed E-state index contributed by atoms with van der Waals surface area (Å²) in [6, 6.07) is 11.2. The van der Waals surface area contributed by atoms with Gasteiger partial charge in [-0.2, -0.15) is 0 Å². The van der Waals surface area contributed by atoms with E-state index in [-0.39, 0.29) is 16.9 Å². The molecule has 0 saturated carbocycles. The van der Waals surface area contributed by atoms with Crippen LogP contribution in [0.25, 0.3) is 0 Å². The van der Waals surface area contributed by atoms with Gasteiger partial charge in [-0.3, -0.25) is 0 Å². The van der Waals surface area contributed by atoms with E-state index in [4.69, 9.17) is 11.6 Å². The number of nitrogens with one attached hydrogen (secondary N) is 1. The third kappa shape index (κ3) is 2.96. The average Bonchev–Trinajstić information content (AvgIpc) is 2.37. The lowest BCUT2D eigenvalue weighted by Crippen LogP contribution is -2.18. The van der Waals surface area contributed by atoms with E-state index in [1.165, 1.54) is 22.8 Å². The van der Waals surface area contributed by atoms with Gasteiger partial charge in [0.15, 0.2) is 0 Å². The van der Waals surface area contributed by atoms with Crippen molar-refractivity contribution in [1.29, 1.82) is 0 Å². The number of halogens is 2. The SMILES string of the molecule is CNC(c1ccc(F)c(Cl)c1)c1ccc(C)cc1C. The van der Waals surface area contributed by atoms with E-state index in [9.17, 15) is 4.39 Å². The standard InChI is InChI=1S/C16H17ClFN/c1-10-4-6-13(11(2)8-10)16(19-3)12-5-7-15(18)14(17)9-12/h4-9,16,19H,1-3H3. The zero-order valence-electron chi connectivity index (χ0n) is 11.3. The summed E-state index contributed by atoms with van der Waals surface area (Å²) in [5.74, 6) is -0.388. The Morgan fingerprint density at radius 2 is 1.84 bits per heavy atom. The molecule has 0 aliphatic heterocycles. The molecule has 0 heterocycles. The molecule has 100 valence electrons.